The van der Waals surface area contributed by atoms with Gasteiger partial charge in [-0.25, -0.2) is 8.42 Å². The SMILES string of the molecule is CC12CCC(C1)C(C)(C)C2NC(=O)c1ccc(Cl)c(S(=O)(=O)N2CCCCC2)c1. The third kappa shape index (κ3) is 3.51. The summed E-state index contributed by atoms with van der Waals surface area (Å²) in [4.78, 5) is 13.1. The lowest BCUT2D eigenvalue weighted by Gasteiger charge is -2.43. The number of amides is 1. The van der Waals surface area contributed by atoms with Crippen molar-refractivity contribution in [2.75, 3.05) is 13.1 Å². The normalized spacial score (nSPS) is 31.7. The molecule has 3 fully saturated rings. The third-order valence-electron chi connectivity index (χ3n) is 7.67. The van der Waals surface area contributed by atoms with Gasteiger partial charge < -0.3 is 5.32 Å². The molecule has 4 rings (SSSR count). The quantitative estimate of drug-likeness (QED) is 0.754. The van der Waals surface area contributed by atoms with E-state index in [-0.39, 0.29) is 32.7 Å². The van der Waals surface area contributed by atoms with Crippen LogP contribution in [-0.2, 0) is 10.0 Å². The number of piperidine rings is 1. The first-order valence-corrected chi connectivity index (χ1v) is 12.5. The van der Waals surface area contributed by atoms with Gasteiger partial charge >= 0.3 is 0 Å². The maximum atomic E-state index is 13.1. The van der Waals surface area contributed by atoms with Gasteiger partial charge in [0.25, 0.3) is 5.91 Å². The van der Waals surface area contributed by atoms with Gasteiger partial charge in [-0.2, -0.15) is 4.31 Å². The van der Waals surface area contributed by atoms with Crippen molar-refractivity contribution < 1.29 is 13.2 Å². The highest BCUT2D eigenvalue weighted by Gasteiger charge is 2.59. The Morgan fingerprint density at radius 1 is 1.17 bits per heavy atom. The second-order valence-corrected chi connectivity index (χ2v) is 12.2. The Morgan fingerprint density at radius 2 is 1.86 bits per heavy atom. The molecule has 1 aliphatic heterocycles. The van der Waals surface area contributed by atoms with Gasteiger partial charge in [-0.1, -0.05) is 38.8 Å². The fourth-order valence-electron chi connectivity index (χ4n) is 5.96. The van der Waals surface area contributed by atoms with Crippen LogP contribution in [-0.4, -0.2) is 37.8 Å². The first-order valence-electron chi connectivity index (χ1n) is 10.7. The van der Waals surface area contributed by atoms with E-state index in [1.807, 2.05) is 0 Å². The Balaban J connectivity index is 1.60. The highest BCUT2D eigenvalue weighted by molar-refractivity contribution is 7.89. The van der Waals surface area contributed by atoms with Gasteiger partial charge in [0.2, 0.25) is 10.0 Å². The van der Waals surface area contributed by atoms with Gasteiger partial charge in [-0.05, 0) is 67.1 Å². The fourth-order valence-corrected chi connectivity index (χ4v) is 7.98. The highest BCUT2D eigenvalue weighted by atomic mass is 35.5. The summed E-state index contributed by atoms with van der Waals surface area (Å²) in [5.74, 6) is 0.404. The second-order valence-electron chi connectivity index (χ2n) is 9.93. The van der Waals surface area contributed by atoms with Crippen LogP contribution in [0.3, 0.4) is 0 Å². The summed E-state index contributed by atoms with van der Waals surface area (Å²) in [6, 6.07) is 4.68. The van der Waals surface area contributed by atoms with Crippen LogP contribution in [0.5, 0.6) is 0 Å². The molecule has 0 spiro atoms. The molecule has 5 nitrogen and oxygen atoms in total. The minimum Gasteiger partial charge on any atom is -0.348 e. The molecule has 160 valence electrons. The molecule has 7 heteroatoms. The first kappa shape index (κ1) is 21.1. The molecule has 3 aliphatic rings. The lowest BCUT2D eigenvalue weighted by molar-refractivity contribution is 0.0737. The molecular weight excluding hydrogens is 408 g/mol. The van der Waals surface area contributed by atoms with Crippen LogP contribution < -0.4 is 5.32 Å². The second kappa shape index (κ2) is 7.24. The molecule has 3 unspecified atom stereocenters. The smallest absolute Gasteiger partial charge is 0.251 e. The summed E-state index contributed by atoms with van der Waals surface area (Å²) in [5, 5.41) is 3.41. The summed E-state index contributed by atoms with van der Waals surface area (Å²) in [7, 11) is -3.70. The molecular formula is C22H31ClN2O3S. The van der Waals surface area contributed by atoms with Crippen molar-refractivity contribution in [1.29, 1.82) is 0 Å². The summed E-state index contributed by atoms with van der Waals surface area (Å²) < 4.78 is 27.7. The number of hydrogen-bond donors (Lipinski definition) is 1. The summed E-state index contributed by atoms with van der Waals surface area (Å²) in [6.45, 7) is 7.75. The van der Waals surface area contributed by atoms with E-state index < -0.39 is 10.0 Å². The number of rotatable bonds is 4. The van der Waals surface area contributed by atoms with Gasteiger partial charge in [0, 0.05) is 24.7 Å². The molecule has 0 aromatic heterocycles. The number of nitrogens with zero attached hydrogens (tertiary/aromatic N) is 1. The van der Waals surface area contributed by atoms with Crippen molar-refractivity contribution in [1.82, 2.24) is 9.62 Å². The molecule has 1 heterocycles. The Labute approximate surface area is 179 Å². The van der Waals surface area contributed by atoms with Crippen LogP contribution in [0, 0.1) is 16.7 Å². The van der Waals surface area contributed by atoms with Crippen molar-refractivity contribution in [2.24, 2.45) is 16.7 Å². The van der Waals surface area contributed by atoms with Gasteiger partial charge in [-0.15, -0.1) is 0 Å². The number of hydrogen-bond acceptors (Lipinski definition) is 3. The standard InChI is InChI=1S/C22H31ClN2O3S/c1-21(2)16-9-10-22(3,14-16)20(21)24-19(26)15-7-8-17(23)18(13-15)29(27,28)25-11-5-4-6-12-25/h7-8,13,16,20H,4-6,9-12,14H2,1-3H3,(H,24,26). The van der Waals surface area contributed by atoms with E-state index in [0.717, 1.165) is 32.1 Å². The first-order chi connectivity index (χ1) is 13.6. The van der Waals surface area contributed by atoms with Crippen LogP contribution >= 0.6 is 11.6 Å². The molecule has 1 N–H and O–H groups in total. The van der Waals surface area contributed by atoms with Crippen LogP contribution in [0.25, 0.3) is 0 Å². The highest BCUT2D eigenvalue weighted by Crippen LogP contribution is 2.62. The minimum atomic E-state index is -3.70. The average molecular weight is 439 g/mol. The largest absolute Gasteiger partial charge is 0.348 e. The Morgan fingerprint density at radius 3 is 2.48 bits per heavy atom. The van der Waals surface area contributed by atoms with E-state index in [2.05, 4.69) is 26.1 Å². The molecule has 0 radical (unpaired) electrons. The third-order valence-corrected chi connectivity index (χ3v) is 10.1. The van der Waals surface area contributed by atoms with E-state index in [1.54, 1.807) is 6.07 Å². The van der Waals surface area contributed by atoms with Crippen molar-refractivity contribution in [3.63, 3.8) is 0 Å². The number of benzene rings is 1. The van der Waals surface area contributed by atoms with Crippen molar-refractivity contribution in [3.05, 3.63) is 28.8 Å². The molecule has 2 bridgehead atoms. The van der Waals surface area contributed by atoms with Crippen molar-refractivity contribution >= 4 is 27.5 Å². The lowest BCUT2D eigenvalue weighted by atomic mass is 9.68. The summed E-state index contributed by atoms with van der Waals surface area (Å²) >= 11 is 6.26. The maximum absolute atomic E-state index is 13.1. The monoisotopic (exact) mass is 438 g/mol. The Hall–Kier alpha value is -1.11. The lowest BCUT2D eigenvalue weighted by Crippen LogP contribution is -2.52. The van der Waals surface area contributed by atoms with Gasteiger partial charge in [-0.3, -0.25) is 4.79 Å². The van der Waals surface area contributed by atoms with Crippen molar-refractivity contribution in [3.8, 4) is 0 Å². The molecule has 3 atom stereocenters. The van der Waals surface area contributed by atoms with Crippen LogP contribution in [0.15, 0.2) is 23.1 Å². The molecule has 1 aromatic rings. The zero-order valence-corrected chi connectivity index (χ0v) is 19.1. The fraction of sp³-hybridized carbons (Fsp3) is 0.682. The number of halogens is 1. The minimum absolute atomic E-state index is 0.0344. The molecule has 2 saturated carbocycles. The van der Waals surface area contributed by atoms with Gasteiger partial charge in [0.15, 0.2) is 0 Å². The summed E-state index contributed by atoms with van der Waals surface area (Å²) in [5.41, 5.74) is 0.503. The molecule has 1 amide bonds. The predicted octanol–water partition coefficient (Wildman–Crippen LogP) is 4.46. The molecule has 1 saturated heterocycles. The van der Waals surface area contributed by atoms with Gasteiger partial charge in [0.05, 0.1) is 5.02 Å². The summed E-state index contributed by atoms with van der Waals surface area (Å²) in [6.07, 6.45) is 6.23. The molecule has 2 aliphatic carbocycles. The zero-order chi connectivity index (χ0) is 21.0. The van der Waals surface area contributed by atoms with Crippen LogP contribution in [0.1, 0.15) is 69.7 Å². The van der Waals surface area contributed by atoms with E-state index in [1.165, 1.54) is 22.9 Å². The van der Waals surface area contributed by atoms with E-state index in [0.29, 0.717) is 24.6 Å². The van der Waals surface area contributed by atoms with Crippen LogP contribution in [0.4, 0.5) is 0 Å². The van der Waals surface area contributed by atoms with Crippen molar-refractivity contribution in [2.45, 2.75) is 70.2 Å². The van der Waals surface area contributed by atoms with E-state index in [4.69, 9.17) is 11.6 Å². The van der Waals surface area contributed by atoms with E-state index in [9.17, 15) is 13.2 Å². The average Bonchev–Trinajstić information content (AvgIpc) is 3.17. The number of nitrogens with one attached hydrogen (secondary N) is 1. The predicted molar refractivity (Wildman–Crippen MR) is 115 cm³/mol. The number of sulfonamides is 1. The Kier molecular flexibility index (Phi) is 5.28. The topological polar surface area (TPSA) is 66.5 Å². The molecule has 29 heavy (non-hydrogen) atoms. The zero-order valence-electron chi connectivity index (χ0n) is 17.5. The van der Waals surface area contributed by atoms with Crippen LogP contribution in [0.2, 0.25) is 5.02 Å². The number of carbonyl (C=O) groups is 1. The number of fused-ring (bicyclic) bond motifs is 2. The van der Waals surface area contributed by atoms with Gasteiger partial charge in [0.1, 0.15) is 4.90 Å². The number of carbonyl (C=O) groups excluding carboxylic acids is 1. The maximum Gasteiger partial charge on any atom is 0.251 e. The Bertz CT molecular complexity index is 919. The van der Waals surface area contributed by atoms with E-state index >= 15 is 0 Å². The molecule has 1 aromatic carbocycles.